The molecule has 0 aromatic carbocycles. The van der Waals surface area contributed by atoms with Crippen molar-refractivity contribution in [2.24, 2.45) is 0 Å². The monoisotopic (exact) mass is 690 g/mol. The van der Waals surface area contributed by atoms with Gasteiger partial charge < -0.3 is 66.7 Å². The number of hydrogen-bond donors (Lipinski definition) is 1. The lowest BCUT2D eigenvalue weighted by Crippen LogP contribution is -2.52. The normalized spacial score (nSPS) is 44.4. The van der Waals surface area contributed by atoms with Crippen molar-refractivity contribution in [3.63, 3.8) is 0 Å². The molecule has 0 spiro atoms. The molecule has 15 atom stereocenters. The molecule has 6 saturated heterocycles. The van der Waals surface area contributed by atoms with E-state index in [1.165, 1.54) is 14.2 Å². The Morgan fingerprint density at radius 1 is 0.688 bits per heavy atom. The summed E-state index contributed by atoms with van der Waals surface area (Å²) < 4.78 is 69.0. The standard InChI is InChI=1S/2C9H15BO4.C8H13BO5.C2H6O.3CH4/c1-5(11-2)9-4-13-6(7(9)12-3)8(10)14-9;1-5-9(4-11-2)7(12-3)6(13-5)8(10)14-9;1-11-3-8-5(12-2)4(6(9)14-8)13-7(8)10;1-3-2;;;/h2*5-8H,4H2,1-3H3;4-7,10H,3H2,1-2H3;1-2H3;3*1H4/t5?,6-,7?,8+,9+;5?,6-,7?,8+,9-;4-,5?,6+,7?,8+;;;;/m000..../s1. The third-order valence-corrected chi connectivity index (χ3v) is 9.18. The van der Waals surface area contributed by atoms with Crippen LogP contribution in [0.1, 0.15) is 36.1 Å². The van der Waals surface area contributed by atoms with Crippen LogP contribution in [0.15, 0.2) is 0 Å². The maximum Gasteiger partial charge on any atom is 0.189 e. The van der Waals surface area contributed by atoms with Gasteiger partial charge in [-0.1, -0.05) is 22.3 Å². The van der Waals surface area contributed by atoms with Crippen LogP contribution in [0.4, 0.5) is 0 Å². The molecule has 48 heavy (non-hydrogen) atoms. The first-order chi connectivity index (χ1) is 21.4. The Kier molecular flexibility index (Phi) is 19.9. The summed E-state index contributed by atoms with van der Waals surface area (Å²) in [4.78, 5) is 0. The van der Waals surface area contributed by atoms with Crippen molar-refractivity contribution in [2.75, 3.05) is 76.7 Å². The third-order valence-electron chi connectivity index (χ3n) is 9.18. The van der Waals surface area contributed by atoms with E-state index in [4.69, 9.17) is 80.4 Å². The summed E-state index contributed by atoms with van der Waals surface area (Å²) in [5.41, 5.74) is -2.05. The van der Waals surface area contributed by atoms with Crippen LogP contribution in [-0.4, -0.2) is 195 Å². The quantitative estimate of drug-likeness (QED) is 0.330. The van der Waals surface area contributed by atoms with Gasteiger partial charge in [0.25, 0.3) is 0 Å². The number of methoxy groups -OCH3 is 7. The van der Waals surface area contributed by atoms with Gasteiger partial charge in [0.15, 0.2) is 11.9 Å². The van der Waals surface area contributed by atoms with Crippen molar-refractivity contribution in [1.82, 2.24) is 0 Å². The van der Waals surface area contributed by atoms with Crippen LogP contribution in [-0.2, 0) is 61.6 Å². The summed E-state index contributed by atoms with van der Waals surface area (Å²) in [7, 11) is 30.1. The van der Waals surface area contributed by atoms with E-state index >= 15 is 0 Å². The number of ether oxygens (including phenoxy) is 13. The fourth-order valence-electron chi connectivity index (χ4n) is 6.99. The lowest BCUT2D eigenvalue weighted by atomic mass is 9.89. The fourth-order valence-corrected chi connectivity index (χ4v) is 6.99. The summed E-state index contributed by atoms with van der Waals surface area (Å²) in [5.74, 6) is 0. The number of fused-ring (bicyclic) bond motifs is 6. The molecule has 0 aliphatic carbocycles. The Morgan fingerprint density at radius 2 is 1.12 bits per heavy atom. The van der Waals surface area contributed by atoms with E-state index in [1.54, 1.807) is 42.7 Å². The topological polar surface area (TPSA) is 140 Å². The number of hydrogen-bond acceptors (Lipinski definition) is 14. The average Bonchev–Trinajstić information content (AvgIpc) is 3.78. The van der Waals surface area contributed by atoms with Gasteiger partial charge in [0, 0.05) is 74.9 Å². The summed E-state index contributed by atoms with van der Waals surface area (Å²) >= 11 is 0. The molecule has 14 nitrogen and oxygen atoms in total. The largest absolute Gasteiger partial charge is 0.388 e. The smallest absolute Gasteiger partial charge is 0.189 e. The predicted molar refractivity (Wildman–Crippen MR) is 181 cm³/mol. The molecule has 0 amide bonds. The molecular weight excluding hydrogens is 629 g/mol. The van der Waals surface area contributed by atoms with E-state index in [0.717, 1.165) is 0 Å². The van der Waals surface area contributed by atoms with Gasteiger partial charge in [0.2, 0.25) is 0 Å². The maximum atomic E-state index is 9.66. The Labute approximate surface area is 292 Å². The highest BCUT2D eigenvalue weighted by molar-refractivity contribution is 6.12. The van der Waals surface area contributed by atoms with E-state index in [9.17, 15) is 5.11 Å². The zero-order valence-electron chi connectivity index (χ0n) is 28.0. The van der Waals surface area contributed by atoms with Gasteiger partial charge in [-0.2, -0.15) is 0 Å². The highest BCUT2D eigenvalue weighted by atomic mass is 16.7. The van der Waals surface area contributed by atoms with Crippen LogP contribution in [0.3, 0.4) is 0 Å². The Morgan fingerprint density at radius 3 is 1.58 bits per heavy atom. The minimum absolute atomic E-state index is 0. The molecule has 6 rings (SSSR count). The van der Waals surface area contributed by atoms with Crippen LogP contribution in [0, 0.1) is 0 Å². The molecule has 6 bridgehead atoms. The van der Waals surface area contributed by atoms with Crippen molar-refractivity contribution >= 4 is 23.5 Å². The molecule has 6 aliphatic rings. The summed E-state index contributed by atoms with van der Waals surface area (Å²) in [5, 5.41) is 9.66. The molecule has 17 heteroatoms. The Bertz CT molecular complexity index is 855. The molecule has 6 aliphatic heterocycles. The van der Waals surface area contributed by atoms with Gasteiger partial charge in [0.05, 0.1) is 32.0 Å². The molecule has 6 radical (unpaired) electrons. The van der Waals surface area contributed by atoms with E-state index < -0.39 is 47.2 Å². The molecule has 0 saturated carbocycles. The van der Waals surface area contributed by atoms with Crippen LogP contribution >= 0.6 is 0 Å². The lowest BCUT2D eigenvalue weighted by Gasteiger charge is -2.35. The van der Waals surface area contributed by atoms with Crippen molar-refractivity contribution < 1.29 is 66.7 Å². The second kappa shape index (κ2) is 20.0. The summed E-state index contributed by atoms with van der Waals surface area (Å²) in [6.45, 7) is 5.01. The number of rotatable bonds is 9. The highest BCUT2D eigenvalue weighted by Crippen LogP contribution is 2.46. The molecule has 0 aromatic heterocycles. The van der Waals surface area contributed by atoms with Gasteiger partial charge in [0.1, 0.15) is 71.4 Å². The fraction of sp³-hybridized carbons (Fsp3) is 1.00. The Balaban J connectivity index is 0.000000643. The first-order valence-electron chi connectivity index (χ1n) is 14.8. The van der Waals surface area contributed by atoms with Crippen molar-refractivity contribution in [2.45, 2.75) is 126 Å². The molecule has 6 unspecified atom stereocenters. The second-order valence-corrected chi connectivity index (χ2v) is 11.7. The van der Waals surface area contributed by atoms with E-state index in [0.29, 0.717) is 13.2 Å². The second-order valence-electron chi connectivity index (χ2n) is 11.7. The zero-order valence-corrected chi connectivity index (χ0v) is 28.0. The summed E-state index contributed by atoms with van der Waals surface area (Å²) in [6, 6.07) is -1.39. The summed E-state index contributed by atoms with van der Waals surface area (Å²) in [6.07, 6.45) is -2.60. The van der Waals surface area contributed by atoms with Crippen LogP contribution in [0.5, 0.6) is 0 Å². The van der Waals surface area contributed by atoms with Gasteiger partial charge in [-0.3, -0.25) is 0 Å². The minimum Gasteiger partial charge on any atom is -0.388 e. The highest BCUT2D eigenvalue weighted by Gasteiger charge is 2.66. The molecule has 6 heterocycles. The van der Waals surface area contributed by atoms with E-state index in [1.807, 2.05) is 13.8 Å². The van der Waals surface area contributed by atoms with Crippen LogP contribution < -0.4 is 0 Å². The average molecular weight is 690 g/mol. The first-order valence-corrected chi connectivity index (χ1v) is 14.8. The first kappa shape index (κ1) is 47.6. The van der Waals surface area contributed by atoms with Gasteiger partial charge in [-0.25, -0.2) is 0 Å². The number of aliphatic hydroxyl groups excluding tert-OH is 1. The number of aliphatic hydroxyl groups is 1. The lowest BCUT2D eigenvalue weighted by molar-refractivity contribution is -0.255. The Hall–Kier alpha value is -0.365. The van der Waals surface area contributed by atoms with E-state index in [2.05, 4.69) is 4.74 Å². The van der Waals surface area contributed by atoms with Gasteiger partial charge >= 0.3 is 0 Å². The van der Waals surface area contributed by atoms with Gasteiger partial charge in [-0.15, -0.1) is 0 Å². The van der Waals surface area contributed by atoms with Crippen LogP contribution in [0.25, 0.3) is 0 Å². The van der Waals surface area contributed by atoms with Crippen molar-refractivity contribution in [3.05, 3.63) is 0 Å². The van der Waals surface area contributed by atoms with Crippen LogP contribution in [0.2, 0.25) is 0 Å². The SMILES string of the molecule is C.C.C.COC.[B][C@@H]1O[C@@]2(C(C)OC)CO[C@H]1C2OC.[B][C@@H]1O[C@@]2(COC)C(C)O[C@H]1C2OC.[B][C@@H]1O[C@@]2(COC)C(O)O[C@H]1C2OC. The minimum atomic E-state index is -1.04. The molecule has 278 valence electrons. The van der Waals surface area contributed by atoms with E-state index in [-0.39, 0.29) is 71.6 Å². The molecular formula is C31H61B3O14. The predicted octanol–water partition coefficient (Wildman–Crippen LogP) is 0.197. The third kappa shape index (κ3) is 8.30. The van der Waals surface area contributed by atoms with Crippen molar-refractivity contribution in [3.8, 4) is 0 Å². The zero-order chi connectivity index (χ0) is 33.7. The molecule has 0 aromatic rings. The molecule has 1 N–H and O–H groups in total. The van der Waals surface area contributed by atoms with Gasteiger partial charge in [-0.05, 0) is 13.8 Å². The maximum absolute atomic E-state index is 9.66. The van der Waals surface area contributed by atoms with Crippen molar-refractivity contribution in [1.29, 1.82) is 0 Å². The molecule has 6 fully saturated rings.